The van der Waals surface area contributed by atoms with E-state index in [1.807, 2.05) is 29.2 Å². The second-order valence-electron chi connectivity index (χ2n) is 7.95. The number of rotatable bonds is 5. The molecule has 0 aromatic heterocycles. The lowest BCUT2D eigenvalue weighted by molar-refractivity contribution is -0.121. The zero-order valence-corrected chi connectivity index (χ0v) is 17.6. The molecule has 0 saturated carbocycles. The fourth-order valence-corrected chi connectivity index (χ4v) is 3.86. The molecular weight excluding hydrogens is 392 g/mol. The number of amides is 3. The molecule has 1 N–H and O–H groups in total. The van der Waals surface area contributed by atoms with Crippen LogP contribution in [0.1, 0.15) is 31.8 Å². The first-order valence-electron chi connectivity index (χ1n) is 10.4. The minimum Gasteiger partial charge on any atom is -0.350 e. The van der Waals surface area contributed by atoms with E-state index in [9.17, 15) is 14.4 Å². The van der Waals surface area contributed by atoms with Gasteiger partial charge in [-0.1, -0.05) is 36.9 Å². The van der Waals surface area contributed by atoms with Crippen molar-refractivity contribution in [2.24, 2.45) is 0 Å². The molecule has 7 nitrogen and oxygen atoms in total. The van der Waals surface area contributed by atoms with E-state index >= 15 is 0 Å². The van der Waals surface area contributed by atoms with Gasteiger partial charge in [0.15, 0.2) is 0 Å². The maximum Gasteiger partial charge on any atom is 0.259 e. The van der Waals surface area contributed by atoms with E-state index in [0.717, 1.165) is 37.3 Å². The third-order valence-corrected chi connectivity index (χ3v) is 5.82. The summed E-state index contributed by atoms with van der Waals surface area (Å²) in [5.74, 6) is -0.434. The lowest BCUT2D eigenvalue weighted by Gasteiger charge is -2.32. The number of carbonyl (C=O) groups excluding carboxylic acids is 3. The predicted octanol–water partition coefficient (Wildman–Crippen LogP) is 1.82. The number of nitrogens with zero attached hydrogens (tertiary/aromatic N) is 3. The highest BCUT2D eigenvalue weighted by molar-refractivity contribution is 6.10. The van der Waals surface area contributed by atoms with Crippen molar-refractivity contribution in [2.75, 3.05) is 39.8 Å². The van der Waals surface area contributed by atoms with Crippen LogP contribution in [0.25, 0.3) is 5.70 Å². The first-order valence-corrected chi connectivity index (χ1v) is 10.4. The second-order valence-corrected chi connectivity index (χ2v) is 7.95. The summed E-state index contributed by atoms with van der Waals surface area (Å²) in [5.41, 5.74) is 3.42. The van der Waals surface area contributed by atoms with Crippen molar-refractivity contribution in [3.05, 3.63) is 77.4 Å². The Bertz CT molecular complexity index is 988. The average Bonchev–Trinajstić information content (AvgIpc) is 3.03. The number of benzene rings is 2. The Morgan fingerprint density at radius 1 is 0.968 bits per heavy atom. The summed E-state index contributed by atoms with van der Waals surface area (Å²) in [6, 6.07) is 14.5. The Morgan fingerprint density at radius 2 is 1.61 bits per heavy atom. The van der Waals surface area contributed by atoms with E-state index < -0.39 is 0 Å². The highest BCUT2D eigenvalue weighted by atomic mass is 16.2. The van der Waals surface area contributed by atoms with Crippen LogP contribution >= 0.6 is 0 Å². The number of piperazine rings is 1. The molecule has 0 atom stereocenters. The number of hydrogen-bond donors (Lipinski definition) is 1. The van der Waals surface area contributed by atoms with Gasteiger partial charge in [0, 0.05) is 55.1 Å². The fraction of sp³-hybridized carbons (Fsp3) is 0.292. The Balaban J connectivity index is 1.30. The van der Waals surface area contributed by atoms with E-state index in [4.69, 9.17) is 0 Å². The SMILES string of the molecule is C=C1c2ccccc2C(=O)N1CC(=O)NCc1ccc(C(=O)N2CCN(C)CC2)cc1. The van der Waals surface area contributed by atoms with Crippen molar-refractivity contribution in [2.45, 2.75) is 6.54 Å². The van der Waals surface area contributed by atoms with Gasteiger partial charge in [-0.2, -0.15) is 0 Å². The summed E-state index contributed by atoms with van der Waals surface area (Å²) >= 11 is 0. The Labute approximate surface area is 181 Å². The van der Waals surface area contributed by atoms with Crippen molar-refractivity contribution in [1.29, 1.82) is 0 Å². The summed E-state index contributed by atoms with van der Waals surface area (Å²) < 4.78 is 0. The Kier molecular flexibility index (Phi) is 5.86. The first-order chi connectivity index (χ1) is 14.9. The maximum atomic E-state index is 12.6. The molecule has 160 valence electrons. The largest absolute Gasteiger partial charge is 0.350 e. The number of fused-ring (bicyclic) bond motifs is 1. The van der Waals surface area contributed by atoms with E-state index in [1.165, 1.54) is 4.90 Å². The number of hydrogen-bond acceptors (Lipinski definition) is 4. The molecule has 0 bridgehead atoms. The van der Waals surface area contributed by atoms with Crippen LogP contribution in [0.15, 0.2) is 55.1 Å². The summed E-state index contributed by atoms with van der Waals surface area (Å²) in [6.45, 7) is 7.43. The van der Waals surface area contributed by atoms with Crippen molar-refractivity contribution in [1.82, 2.24) is 20.0 Å². The molecule has 4 rings (SSSR count). The van der Waals surface area contributed by atoms with Gasteiger partial charge in [-0.3, -0.25) is 19.3 Å². The monoisotopic (exact) mass is 418 g/mol. The van der Waals surface area contributed by atoms with Crippen LogP contribution in [0.2, 0.25) is 0 Å². The highest BCUT2D eigenvalue weighted by Crippen LogP contribution is 2.30. The molecule has 0 unspecified atom stereocenters. The third kappa shape index (κ3) is 4.36. The van der Waals surface area contributed by atoms with Gasteiger partial charge in [0.25, 0.3) is 11.8 Å². The standard InChI is InChI=1S/C24H26N4O3/c1-17-20-5-3-4-6-21(20)24(31)28(17)16-22(29)25-15-18-7-9-19(10-8-18)23(30)27-13-11-26(2)12-14-27/h3-10H,1,11-16H2,2H3,(H,25,29). The number of likely N-dealkylation sites (N-methyl/N-ethyl adjacent to an activating group) is 1. The molecule has 1 saturated heterocycles. The van der Waals surface area contributed by atoms with Crippen LogP contribution < -0.4 is 5.32 Å². The van der Waals surface area contributed by atoms with Crippen LogP contribution in [-0.2, 0) is 11.3 Å². The molecule has 2 heterocycles. The van der Waals surface area contributed by atoms with Gasteiger partial charge in [0.05, 0.1) is 0 Å². The van der Waals surface area contributed by atoms with Gasteiger partial charge in [-0.25, -0.2) is 0 Å². The Hall–Kier alpha value is -3.45. The quantitative estimate of drug-likeness (QED) is 0.804. The zero-order chi connectivity index (χ0) is 22.0. The van der Waals surface area contributed by atoms with Crippen LogP contribution in [0.4, 0.5) is 0 Å². The maximum absolute atomic E-state index is 12.6. The lowest BCUT2D eigenvalue weighted by atomic mass is 10.1. The summed E-state index contributed by atoms with van der Waals surface area (Å²) in [4.78, 5) is 43.0. The third-order valence-electron chi connectivity index (χ3n) is 5.82. The molecule has 2 aromatic carbocycles. The Morgan fingerprint density at radius 3 is 2.26 bits per heavy atom. The minimum atomic E-state index is -0.264. The molecule has 31 heavy (non-hydrogen) atoms. The number of carbonyl (C=O) groups is 3. The van der Waals surface area contributed by atoms with Gasteiger partial charge in [-0.05, 0) is 30.8 Å². The topological polar surface area (TPSA) is 73.0 Å². The van der Waals surface area contributed by atoms with Gasteiger partial charge in [0.2, 0.25) is 5.91 Å². The van der Waals surface area contributed by atoms with Crippen molar-refractivity contribution in [3.63, 3.8) is 0 Å². The molecule has 2 aromatic rings. The smallest absolute Gasteiger partial charge is 0.259 e. The van der Waals surface area contributed by atoms with Gasteiger partial charge in [0.1, 0.15) is 6.54 Å². The van der Waals surface area contributed by atoms with E-state index in [0.29, 0.717) is 23.4 Å². The fourth-order valence-electron chi connectivity index (χ4n) is 3.86. The molecule has 1 fully saturated rings. The minimum absolute atomic E-state index is 0.0364. The first kappa shape index (κ1) is 20.8. The normalized spacial score (nSPS) is 16.4. The average molecular weight is 418 g/mol. The molecule has 2 aliphatic rings. The highest BCUT2D eigenvalue weighted by Gasteiger charge is 2.31. The summed E-state index contributed by atoms with van der Waals surface area (Å²) in [7, 11) is 2.05. The molecule has 2 aliphatic heterocycles. The summed E-state index contributed by atoms with van der Waals surface area (Å²) in [5, 5.41) is 2.84. The van der Waals surface area contributed by atoms with Crippen LogP contribution in [0.5, 0.6) is 0 Å². The van der Waals surface area contributed by atoms with Crippen molar-refractivity contribution in [3.8, 4) is 0 Å². The van der Waals surface area contributed by atoms with E-state index in [1.54, 1.807) is 24.3 Å². The van der Waals surface area contributed by atoms with Crippen molar-refractivity contribution < 1.29 is 14.4 Å². The lowest BCUT2D eigenvalue weighted by Crippen LogP contribution is -2.47. The molecule has 0 aliphatic carbocycles. The van der Waals surface area contributed by atoms with E-state index in [-0.39, 0.29) is 24.3 Å². The molecular formula is C24H26N4O3. The van der Waals surface area contributed by atoms with Gasteiger partial charge >= 0.3 is 0 Å². The second kappa shape index (κ2) is 8.73. The van der Waals surface area contributed by atoms with Crippen LogP contribution in [0, 0.1) is 0 Å². The molecule has 7 heteroatoms. The number of nitrogens with one attached hydrogen (secondary N) is 1. The molecule has 3 amide bonds. The predicted molar refractivity (Wildman–Crippen MR) is 118 cm³/mol. The van der Waals surface area contributed by atoms with E-state index in [2.05, 4.69) is 23.8 Å². The van der Waals surface area contributed by atoms with Crippen molar-refractivity contribution >= 4 is 23.4 Å². The van der Waals surface area contributed by atoms with Gasteiger partial charge < -0.3 is 15.1 Å². The van der Waals surface area contributed by atoms with Crippen LogP contribution in [-0.4, -0.2) is 72.2 Å². The molecule has 0 spiro atoms. The molecule has 0 radical (unpaired) electrons. The zero-order valence-electron chi connectivity index (χ0n) is 17.6. The van der Waals surface area contributed by atoms with Gasteiger partial charge in [-0.15, -0.1) is 0 Å². The summed E-state index contributed by atoms with van der Waals surface area (Å²) in [6.07, 6.45) is 0. The van der Waals surface area contributed by atoms with Crippen LogP contribution in [0.3, 0.4) is 0 Å².